The number of esters is 1. The minimum absolute atomic E-state index is 0.344. The molecule has 0 aliphatic carbocycles. The van der Waals surface area contributed by atoms with Gasteiger partial charge >= 0.3 is 5.97 Å². The van der Waals surface area contributed by atoms with Gasteiger partial charge in [0.15, 0.2) is 5.69 Å². The molecule has 2 rings (SSSR count). The zero-order valence-corrected chi connectivity index (χ0v) is 12.9. The molecule has 0 aromatic heterocycles. The van der Waals surface area contributed by atoms with E-state index in [9.17, 15) is 4.79 Å². The Balaban J connectivity index is 2.02. The minimum Gasteiger partial charge on any atom is -0.426 e. The van der Waals surface area contributed by atoms with E-state index in [2.05, 4.69) is 15.0 Å². The van der Waals surface area contributed by atoms with Crippen LogP contribution in [0.2, 0.25) is 0 Å². The third-order valence-electron chi connectivity index (χ3n) is 2.96. The number of rotatable bonds is 4. The number of carbonyl (C=O) groups excluding carboxylic acids is 1. The van der Waals surface area contributed by atoms with Gasteiger partial charge in [-0.3, -0.25) is 4.79 Å². The van der Waals surface area contributed by atoms with Crippen molar-refractivity contribution in [2.75, 3.05) is 0 Å². The summed E-state index contributed by atoms with van der Waals surface area (Å²) in [4.78, 5) is 14.3. The van der Waals surface area contributed by atoms with E-state index in [0.29, 0.717) is 11.4 Å². The van der Waals surface area contributed by atoms with Gasteiger partial charge in [0, 0.05) is 6.92 Å². The number of benzene rings is 2. The van der Waals surface area contributed by atoms with Gasteiger partial charge in [0.05, 0.1) is 19.0 Å². The van der Waals surface area contributed by atoms with Gasteiger partial charge in [0.2, 0.25) is 0 Å². The molecule has 0 heterocycles. The molecule has 0 bridgehead atoms. The molecule has 0 fully saturated rings. The van der Waals surface area contributed by atoms with Crippen LogP contribution >= 0.6 is 0 Å². The van der Waals surface area contributed by atoms with Crippen molar-refractivity contribution in [2.24, 2.45) is 10.2 Å². The average molecular weight is 305 g/mol. The lowest BCUT2D eigenvalue weighted by atomic mass is 10.1. The number of ether oxygens (including phenoxy) is 1. The Morgan fingerprint density at radius 3 is 2.26 bits per heavy atom. The number of hydrogen-bond donors (Lipinski definition) is 0. The van der Waals surface area contributed by atoms with Crippen molar-refractivity contribution >= 4 is 24.1 Å². The number of hydrogen-bond acceptors (Lipinski definition) is 4. The van der Waals surface area contributed by atoms with Gasteiger partial charge in [0.25, 0.3) is 0 Å². The fourth-order valence-electron chi connectivity index (χ4n) is 1.86. The molecule has 0 unspecified atom stereocenters. The Labute approximate surface area is 134 Å². The molecular formula is C18H15N3O2. The van der Waals surface area contributed by atoms with Gasteiger partial charge in [-0.2, -0.15) is 10.2 Å². The summed E-state index contributed by atoms with van der Waals surface area (Å²) in [6.45, 7) is 10.1. The van der Waals surface area contributed by atoms with Crippen LogP contribution in [0.15, 0.2) is 52.7 Å². The van der Waals surface area contributed by atoms with Gasteiger partial charge in [-0.1, -0.05) is 24.3 Å². The third-order valence-corrected chi connectivity index (χ3v) is 2.96. The van der Waals surface area contributed by atoms with E-state index in [1.165, 1.54) is 6.92 Å². The maximum absolute atomic E-state index is 11.0. The zero-order chi connectivity index (χ0) is 16.7. The normalized spacial score (nSPS) is 10.8. The monoisotopic (exact) mass is 305 g/mol. The highest BCUT2D eigenvalue weighted by molar-refractivity contribution is 5.83. The van der Waals surface area contributed by atoms with E-state index in [1.807, 2.05) is 25.1 Å². The molecule has 0 N–H and O–H groups in total. The molecule has 2 aromatic rings. The van der Waals surface area contributed by atoms with E-state index in [-0.39, 0.29) is 5.97 Å². The first kappa shape index (κ1) is 16.1. The summed E-state index contributed by atoms with van der Waals surface area (Å²) in [7, 11) is 0. The van der Waals surface area contributed by atoms with Crippen molar-refractivity contribution in [1.29, 1.82) is 0 Å². The largest absolute Gasteiger partial charge is 0.426 e. The van der Waals surface area contributed by atoms with Crippen molar-refractivity contribution in [3.63, 3.8) is 0 Å². The summed E-state index contributed by atoms with van der Waals surface area (Å²) < 4.78 is 5.07. The van der Waals surface area contributed by atoms with Gasteiger partial charge in [0.1, 0.15) is 5.75 Å². The quantitative estimate of drug-likeness (QED) is 0.282. The second-order valence-corrected chi connectivity index (χ2v) is 4.81. The Morgan fingerprint density at radius 1 is 1.09 bits per heavy atom. The minimum atomic E-state index is -0.344. The smallest absolute Gasteiger partial charge is 0.308 e. The van der Waals surface area contributed by atoms with Gasteiger partial charge < -0.3 is 4.74 Å². The fourth-order valence-corrected chi connectivity index (χ4v) is 1.86. The van der Waals surface area contributed by atoms with Crippen LogP contribution in [-0.4, -0.2) is 18.4 Å². The summed E-state index contributed by atoms with van der Waals surface area (Å²) in [6, 6.07) is 12.5. The van der Waals surface area contributed by atoms with Crippen molar-refractivity contribution in [3.8, 4) is 5.75 Å². The van der Waals surface area contributed by atoms with E-state index in [0.717, 1.165) is 16.7 Å². The highest BCUT2D eigenvalue weighted by Crippen LogP contribution is 2.18. The number of nitrogens with zero attached hydrogens (tertiary/aromatic N) is 3. The summed E-state index contributed by atoms with van der Waals surface area (Å²) in [5.41, 5.74) is 3.17. The molecule has 23 heavy (non-hydrogen) atoms. The van der Waals surface area contributed by atoms with Crippen LogP contribution in [0, 0.1) is 13.5 Å². The van der Waals surface area contributed by atoms with Crippen LogP contribution in [0.25, 0.3) is 4.85 Å². The molecule has 0 aliphatic rings. The maximum Gasteiger partial charge on any atom is 0.308 e. The molecule has 0 spiro atoms. The second kappa shape index (κ2) is 7.66. The first-order valence-corrected chi connectivity index (χ1v) is 6.91. The molecule has 0 amide bonds. The summed E-state index contributed by atoms with van der Waals surface area (Å²) in [6.07, 6.45) is 3.23. The van der Waals surface area contributed by atoms with Crippen molar-refractivity contribution < 1.29 is 9.53 Å². The molecule has 5 nitrogen and oxygen atoms in total. The molecule has 114 valence electrons. The predicted octanol–water partition coefficient (Wildman–Crippen LogP) is 3.92. The van der Waals surface area contributed by atoms with Crippen LogP contribution < -0.4 is 4.74 Å². The highest BCUT2D eigenvalue weighted by atomic mass is 16.5. The average Bonchev–Trinajstić information content (AvgIpc) is 2.54. The van der Waals surface area contributed by atoms with Gasteiger partial charge in [-0.25, -0.2) is 4.85 Å². The Kier molecular flexibility index (Phi) is 5.37. The Morgan fingerprint density at radius 2 is 1.70 bits per heavy atom. The van der Waals surface area contributed by atoms with Crippen LogP contribution in [0.3, 0.4) is 0 Å². The summed E-state index contributed by atoms with van der Waals surface area (Å²) in [5, 5.41) is 7.96. The maximum atomic E-state index is 11.0. The fraction of sp³-hybridized carbons (Fsp3) is 0.111. The molecule has 0 radical (unpaired) electrons. The molecule has 5 heteroatoms. The van der Waals surface area contributed by atoms with E-state index in [1.54, 1.807) is 36.7 Å². The van der Waals surface area contributed by atoms with Crippen LogP contribution in [0.5, 0.6) is 5.75 Å². The Hall–Kier alpha value is -3.26. The molecular weight excluding hydrogens is 290 g/mol. The summed E-state index contributed by atoms with van der Waals surface area (Å²) >= 11 is 0. The molecule has 0 atom stereocenters. The second-order valence-electron chi connectivity index (χ2n) is 4.81. The van der Waals surface area contributed by atoms with Crippen LogP contribution in [0.1, 0.15) is 23.6 Å². The lowest BCUT2D eigenvalue weighted by Gasteiger charge is -2.05. The molecule has 2 aromatic carbocycles. The Bertz CT molecular complexity index is 800. The predicted molar refractivity (Wildman–Crippen MR) is 90.4 cm³/mol. The van der Waals surface area contributed by atoms with E-state index >= 15 is 0 Å². The topological polar surface area (TPSA) is 55.4 Å². The zero-order valence-electron chi connectivity index (χ0n) is 12.9. The summed E-state index contributed by atoms with van der Waals surface area (Å²) in [5.74, 6) is 0.196. The first-order chi connectivity index (χ1) is 11.1. The van der Waals surface area contributed by atoms with Crippen molar-refractivity contribution in [1.82, 2.24) is 0 Å². The van der Waals surface area contributed by atoms with Crippen LogP contribution in [0.4, 0.5) is 5.69 Å². The first-order valence-electron chi connectivity index (χ1n) is 6.91. The van der Waals surface area contributed by atoms with Crippen molar-refractivity contribution in [2.45, 2.75) is 13.8 Å². The van der Waals surface area contributed by atoms with Gasteiger partial charge in [-0.15, -0.1) is 0 Å². The SMILES string of the molecule is [C-]#[N+]c1ccc(/C=N/N=C/c2ccc(OC(C)=O)c(C)c2)cc1. The van der Waals surface area contributed by atoms with Gasteiger partial charge in [-0.05, 0) is 41.8 Å². The lowest BCUT2D eigenvalue weighted by Crippen LogP contribution is -2.02. The molecule has 0 saturated heterocycles. The molecule has 0 aliphatic heterocycles. The van der Waals surface area contributed by atoms with Crippen molar-refractivity contribution in [3.05, 3.63) is 70.6 Å². The highest BCUT2D eigenvalue weighted by Gasteiger charge is 2.02. The number of aryl methyl sites for hydroxylation is 1. The third kappa shape index (κ3) is 4.90. The van der Waals surface area contributed by atoms with Crippen LogP contribution in [-0.2, 0) is 4.79 Å². The lowest BCUT2D eigenvalue weighted by molar-refractivity contribution is -0.131. The standard InChI is InChI=1S/C18H15N3O2/c1-13-10-16(6-9-18(13)23-14(2)22)12-21-20-11-15-4-7-17(19-3)8-5-15/h4-12H,1-2H3/b20-11+,21-12+. The van der Waals surface area contributed by atoms with E-state index in [4.69, 9.17) is 11.3 Å². The number of carbonyl (C=O) groups is 1. The molecule has 0 saturated carbocycles. The van der Waals surface area contributed by atoms with E-state index < -0.39 is 0 Å².